The quantitative estimate of drug-likeness (QED) is 0.312. The minimum Gasteiger partial charge on any atom is -0.325 e. The van der Waals surface area contributed by atoms with Crippen molar-refractivity contribution in [1.29, 1.82) is 5.26 Å². The molecule has 1 unspecified atom stereocenters. The fourth-order valence-corrected chi connectivity index (χ4v) is 4.53. The summed E-state index contributed by atoms with van der Waals surface area (Å²) < 4.78 is 0. The van der Waals surface area contributed by atoms with Crippen molar-refractivity contribution in [2.45, 2.75) is 31.0 Å². The van der Waals surface area contributed by atoms with E-state index in [9.17, 15) is 10.1 Å². The van der Waals surface area contributed by atoms with Crippen LogP contribution < -0.4 is 5.32 Å². The molecule has 5 heteroatoms. The Labute approximate surface area is 204 Å². The zero-order valence-corrected chi connectivity index (χ0v) is 20.2. The summed E-state index contributed by atoms with van der Waals surface area (Å²) in [6.45, 7) is 5.90. The van der Waals surface area contributed by atoms with Crippen molar-refractivity contribution in [2.75, 3.05) is 5.32 Å². The number of carbonyl (C=O) groups is 1. The standard InChI is InChI=1S/C29H25N3OS/c1-19-14-15-24(16-20(19)2)31-28(33)21(3)34-29-26(18-30)25(22-10-6-4-7-11-22)17-27(32-29)23-12-8-5-9-13-23/h4-17,21H,1-3H3,(H,31,33). The number of nitriles is 1. The van der Waals surface area contributed by atoms with E-state index >= 15 is 0 Å². The van der Waals surface area contributed by atoms with Crippen molar-refractivity contribution >= 4 is 23.4 Å². The predicted octanol–water partition coefficient (Wildman–Crippen LogP) is 7.02. The Morgan fingerprint density at radius 2 is 1.56 bits per heavy atom. The molecule has 1 heterocycles. The molecule has 0 saturated carbocycles. The number of carbonyl (C=O) groups excluding carboxylic acids is 1. The van der Waals surface area contributed by atoms with Crippen LogP contribution in [-0.2, 0) is 4.79 Å². The molecule has 0 aliphatic rings. The molecule has 0 fully saturated rings. The number of hydrogen-bond donors (Lipinski definition) is 1. The Bertz CT molecular complexity index is 1360. The summed E-state index contributed by atoms with van der Waals surface area (Å²) in [6.07, 6.45) is 0. The van der Waals surface area contributed by atoms with Gasteiger partial charge in [-0.1, -0.05) is 78.5 Å². The van der Waals surface area contributed by atoms with Gasteiger partial charge in [-0.05, 0) is 55.7 Å². The van der Waals surface area contributed by atoms with Crippen LogP contribution in [0.15, 0.2) is 90.0 Å². The van der Waals surface area contributed by atoms with Gasteiger partial charge in [0.15, 0.2) is 0 Å². The van der Waals surface area contributed by atoms with Crippen molar-refractivity contribution in [1.82, 2.24) is 4.98 Å². The zero-order valence-electron chi connectivity index (χ0n) is 19.4. The van der Waals surface area contributed by atoms with Gasteiger partial charge in [-0.2, -0.15) is 5.26 Å². The second-order valence-corrected chi connectivity index (χ2v) is 9.46. The number of aromatic nitrogens is 1. The highest BCUT2D eigenvalue weighted by Crippen LogP contribution is 2.35. The number of anilines is 1. The first-order valence-electron chi connectivity index (χ1n) is 11.1. The van der Waals surface area contributed by atoms with Gasteiger partial charge in [-0.25, -0.2) is 4.98 Å². The second-order valence-electron chi connectivity index (χ2n) is 8.13. The van der Waals surface area contributed by atoms with E-state index < -0.39 is 5.25 Å². The number of nitrogens with zero attached hydrogens (tertiary/aromatic N) is 2. The molecule has 1 N–H and O–H groups in total. The molecule has 0 aliphatic heterocycles. The fourth-order valence-electron chi connectivity index (χ4n) is 3.60. The smallest absolute Gasteiger partial charge is 0.237 e. The number of aryl methyl sites for hydroxylation is 2. The highest BCUT2D eigenvalue weighted by Gasteiger charge is 2.21. The van der Waals surface area contributed by atoms with E-state index in [0.717, 1.165) is 33.6 Å². The van der Waals surface area contributed by atoms with Crippen molar-refractivity contribution in [3.8, 4) is 28.5 Å². The van der Waals surface area contributed by atoms with Gasteiger partial charge in [0.05, 0.1) is 16.5 Å². The number of pyridine rings is 1. The summed E-state index contributed by atoms with van der Waals surface area (Å²) in [4.78, 5) is 17.8. The minimum absolute atomic E-state index is 0.134. The van der Waals surface area contributed by atoms with Gasteiger partial charge in [-0.15, -0.1) is 0 Å². The number of amides is 1. The van der Waals surface area contributed by atoms with E-state index in [4.69, 9.17) is 4.98 Å². The number of benzene rings is 3. The molecule has 0 radical (unpaired) electrons. The molecule has 1 amide bonds. The lowest BCUT2D eigenvalue weighted by atomic mass is 9.99. The first kappa shape index (κ1) is 23.3. The van der Waals surface area contributed by atoms with Crippen molar-refractivity contribution in [3.63, 3.8) is 0 Å². The lowest BCUT2D eigenvalue weighted by Crippen LogP contribution is -2.22. The van der Waals surface area contributed by atoms with Crippen LogP contribution in [0.3, 0.4) is 0 Å². The number of rotatable bonds is 6. The van der Waals surface area contributed by atoms with Gasteiger partial charge in [-0.3, -0.25) is 4.79 Å². The number of nitrogens with one attached hydrogen (secondary N) is 1. The molecule has 0 aliphatic carbocycles. The monoisotopic (exact) mass is 463 g/mol. The van der Waals surface area contributed by atoms with Gasteiger partial charge in [0.25, 0.3) is 0 Å². The summed E-state index contributed by atoms with van der Waals surface area (Å²) in [5.74, 6) is -0.134. The van der Waals surface area contributed by atoms with Crippen LogP contribution in [-0.4, -0.2) is 16.1 Å². The highest BCUT2D eigenvalue weighted by molar-refractivity contribution is 8.00. The maximum Gasteiger partial charge on any atom is 0.237 e. The topological polar surface area (TPSA) is 65.8 Å². The lowest BCUT2D eigenvalue weighted by molar-refractivity contribution is -0.115. The van der Waals surface area contributed by atoms with E-state index in [1.165, 1.54) is 17.3 Å². The molecule has 0 bridgehead atoms. The molecular weight excluding hydrogens is 438 g/mol. The molecule has 1 atom stereocenters. The highest BCUT2D eigenvalue weighted by atomic mass is 32.2. The number of thioether (sulfide) groups is 1. The molecule has 4 aromatic rings. The van der Waals surface area contributed by atoms with E-state index in [1.54, 1.807) is 0 Å². The third kappa shape index (κ3) is 5.19. The predicted molar refractivity (Wildman–Crippen MR) is 140 cm³/mol. The van der Waals surface area contributed by atoms with Crippen LogP contribution in [0.2, 0.25) is 0 Å². The Morgan fingerprint density at radius 1 is 0.912 bits per heavy atom. The van der Waals surface area contributed by atoms with Crippen LogP contribution in [0.25, 0.3) is 22.4 Å². The first-order chi connectivity index (χ1) is 16.5. The van der Waals surface area contributed by atoms with Crippen molar-refractivity contribution in [2.24, 2.45) is 0 Å². The molecule has 0 spiro atoms. The van der Waals surface area contributed by atoms with Gasteiger partial charge >= 0.3 is 0 Å². The van der Waals surface area contributed by atoms with E-state index in [2.05, 4.69) is 11.4 Å². The summed E-state index contributed by atoms with van der Waals surface area (Å²) in [6, 6.07) is 29.8. The summed E-state index contributed by atoms with van der Waals surface area (Å²) >= 11 is 1.30. The van der Waals surface area contributed by atoms with Gasteiger partial charge in [0.1, 0.15) is 11.1 Å². The fraction of sp³-hybridized carbons (Fsp3) is 0.138. The summed E-state index contributed by atoms with van der Waals surface area (Å²) in [5.41, 5.74) is 7.00. The Balaban J connectivity index is 1.70. The van der Waals surface area contributed by atoms with Gasteiger partial charge in [0, 0.05) is 16.8 Å². The Kier molecular flexibility index (Phi) is 7.10. The maximum atomic E-state index is 13.0. The molecule has 168 valence electrons. The van der Waals surface area contributed by atoms with Gasteiger partial charge < -0.3 is 5.32 Å². The molecule has 1 aromatic heterocycles. The SMILES string of the molecule is Cc1ccc(NC(=O)C(C)Sc2nc(-c3ccccc3)cc(-c3ccccc3)c2C#N)cc1C. The van der Waals surface area contributed by atoms with E-state index in [-0.39, 0.29) is 5.91 Å². The average molecular weight is 464 g/mol. The molecule has 4 rings (SSSR count). The maximum absolute atomic E-state index is 13.0. The second kappa shape index (κ2) is 10.4. The van der Waals surface area contributed by atoms with Crippen LogP contribution >= 0.6 is 11.8 Å². The first-order valence-corrected chi connectivity index (χ1v) is 11.9. The third-order valence-electron chi connectivity index (χ3n) is 5.68. The zero-order chi connectivity index (χ0) is 24.1. The van der Waals surface area contributed by atoms with Crippen LogP contribution in [0.4, 0.5) is 5.69 Å². The number of hydrogen-bond acceptors (Lipinski definition) is 4. The van der Waals surface area contributed by atoms with E-state index in [1.807, 2.05) is 106 Å². The van der Waals surface area contributed by atoms with Crippen LogP contribution in [0, 0.1) is 25.2 Å². The molecule has 4 nitrogen and oxygen atoms in total. The lowest BCUT2D eigenvalue weighted by Gasteiger charge is -2.16. The van der Waals surface area contributed by atoms with E-state index in [0.29, 0.717) is 10.6 Å². The third-order valence-corrected chi connectivity index (χ3v) is 6.77. The normalized spacial score (nSPS) is 11.5. The van der Waals surface area contributed by atoms with Crippen LogP contribution in [0.5, 0.6) is 0 Å². The summed E-state index contributed by atoms with van der Waals surface area (Å²) in [7, 11) is 0. The van der Waals surface area contributed by atoms with Crippen molar-refractivity contribution in [3.05, 3.63) is 102 Å². The minimum atomic E-state index is -0.448. The average Bonchev–Trinajstić information content (AvgIpc) is 2.86. The molecule has 0 saturated heterocycles. The molecular formula is C29H25N3OS. The molecule has 3 aromatic carbocycles. The van der Waals surface area contributed by atoms with Crippen LogP contribution in [0.1, 0.15) is 23.6 Å². The summed E-state index contributed by atoms with van der Waals surface area (Å²) in [5, 5.41) is 13.1. The molecule has 34 heavy (non-hydrogen) atoms. The van der Waals surface area contributed by atoms with Gasteiger partial charge in [0.2, 0.25) is 5.91 Å². The Morgan fingerprint density at radius 3 is 2.18 bits per heavy atom. The largest absolute Gasteiger partial charge is 0.325 e. The van der Waals surface area contributed by atoms with Crippen molar-refractivity contribution < 1.29 is 4.79 Å². The Hall–Kier alpha value is -3.88.